The minimum absolute atomic E-state index is 0.0330. The van der Waals surface area contributed by atoms with Crippen molar-refractivity contribution in [2.45, 2.75) is 44.3 Å². The number of ether oxygens (including phenoxy) is 4. The van der Waals surface area contributed by atoms with Gasteiger partial charge in [-0.3, -0.25) is 4.79 Å². The molecule has 2 aliphatic rings. The van der Waals surface area contributed by atoms with E-state index in [1.54, 1.807) is 26.4 Å². The van der Waals surface area contributed by atoms with Gasteiger partial charge in [0.05, 0.1) is 26.1 Å². The molecule has 0 saturated heterocycles. The van der Waals surface area contributed by atoms with Crippen molar-refractivity contribution in [2.75, 3.05) is 21.3 Å². The molecule has 0 amide bonds. The Balaban J connectivity index is 1.42. The van der Waals surface area contributed by atoms with Gasteiger partial charge in [-0.05, 0) is 77.6 Å². The second-order valence-corrected chi connectivity index (χ2v) is 10.0. The predicted octanol–water partition coefficient (Wildman–Crippen LogP) is 6.50. The van der Waals surface area contributed by atoms with Crippen LogP contribution in [-0.4, -0.2) is 33.6 Å². The first kappa shape index (κ1) is 25.3. The van der Waals surface area contributed by atoms with Crippen LogP contribution in [0.4, 0.5) is 4.39 Å². The lowest BCUT2D eigenvalue weighted by molar-refractivity contribution is -0.145. The first-order valence-electron chi connectivity index (χ1n) is 12.8. The van der Waals surface area contributed by atoms with E-state index in [1.807, 2.05) is 37.3 Å². The Morgan fingerprint density at radius 2 is 1.76 bits per heavy atom. The molecule has 37 heavy (non-hydrogen) atoms. The fraction of sp³-hybridized carbons (Fsp3) is 0.387. The summed E-state index contributed by atoms with van der Waals surface area (Å²) in [5.41, 5.74) is 4.58. The molecular formula is C31H33FO5. The Morgan fingerprint density at radius 1 is 1.00 bits per heavy atom. The number of methoxy groups -OCH3 is 3. The van der Waals surface area contributed by atoms with E-state index in [1.165, 1.54) is 13.2 Å². The smallest absolute Gasteiger partial charge is 0.309 e. The molecule has 5 rings (SSSR count). The first-order valence-corrected chi connectivity index (χ1v) is 12.8. The highest BCUT2D eigenvalue weighted by atomic mass is 19.1. The Morgan fingerprint density at radius 3 is 2.41 bits per heavy atom. The van der Waals surface area contributed by atoms with Crippen LogP contribution in [-0.2, 0) is 20.7 Å². The molecule has 0 spiro atoms. The molecule has 3 aromatic rings. The van der Waals surface area contributed by atoms with E-state index >= 15 is 0 Å². The number of fused-ring (bicyclic) bond motifs is 1. The molecule has 194 valence electrons. The maximum atomic E-state index is 14.5. The van der Waals surface area contributed by atoms with Crippen molar-refractivity contribution in [3.05, 3.63) is 83.2 Å². The summed E-state index contributed by atoms with van der Waals surface area (Å²) < 4.78 is 36.8. The molecule has 0 N–H and O–H groups in total. The Labute approximate surface area is 217 Å². The van der Waals surface area contributed by atoms with E-state index in [0.717, 1.165) is 47.3 Å². The van der Waals surface area contributed by atoms with E-state index < -0.39 is 6.29 Å². The lowest BCUT2D eigenvalue weighted by Gasteiger charge is -2.34. The molecule has 1 aliphatic heterocycles. The molecule has 4 atom stereocenters. The third kappa shape index (κ3) is 5.08. The Kier molecular flexibility index (Phi) is 7.20. The topological polar surface area (TPSA) is 54.0 Å². The second kappa shape index (κ2) is 10.5. The lowest BCUT2D eigenvalue weighted by Crippen LogP contribution is -2.33. The van der Waals surface area contributed by atoms with Crippen molar-refractivity contribution in [1.29, 1.82) is 0 Å². The van der Waals surface area contributed by atoms with E-state index in [0.29, 0.717) is 17.2 Å². The molecule has 4 unspecified atom stereocenters. The number of rotatable bonds is 8. The average molecular weight is 505 g/mol. The van der Waals surface area contributed by atoms with Crippen LogP contribution in [0.25, 0.3) is 11.1 Å². The van der Waals surface area contributed by atoms with Gasteiger partial charge in [0, 0.05) is 12.7 Å². The van der Waals surface area contributed by atoms with Crippen LogP contribution < -0.4 is 9.47 Å². The van der Waals surface area contributed by atoms with Gasteiger partial charge in [-0.15, -0.1) is 0 Å². The van der Waals surface area contributed by atoms with Crippen LogP contribution in [0.1, 0.15) is 48.3 Å². The maximum Gasteiger partial charge on any atom is 0.309 e. The molecule has 3 aromatic carbocycles. The molecule has 6 heteroatoms. The highest BCUT2D eigenvalue weighted by Gasteiger charge is 2.40. The minimum Gasteiger partial charge on any atom is -0.497 e. The fourth-order valence-electron chi connectivity index (χ4n) is 5.63. The number of esters is 1. The summed E-state index contributed by atoms with van der Waals surface area (Å²) in [5, 5.41) is 0. The second-order valence-electron chi connectivity index (χ2n) is 10.0. The van der Waals surface area contributed by atoms with Gasteiger partial charge in [0.2, 0.25) is 6.29 Å². The van der Waals surface area contributed by atoms with Gasteiger partial charge in [0.1, 0.15) is 17.3 Å². The van der Waals surface area contributed by atoms with E-state index in [2.05, 4.69) is 12.1 Å². The van der Waals surface area contributed by atoms with Crippen LogP contribution in [0.15, 0.2) is 60.7 Å². The van der Waals surface area contributed by atoms with Gasteiger partial charge in [-0.2, -0.15) is 0 Å². The average Bonchev–Trinajstić information content (AvgIpc) is 3.77. The van der Waals surface area contributed by atoms with Crippen LogP contribution in [0.5, 0.6) is 11.5 Å². The van der Waals surface area contributed by atoms with Crippen molar-refractivity contribution in [1.82, 2.24) is 0 Å². The van der Waals surface area contributed by atoms with Crippen LogP contribution in [0, 0.1) is 17.7 Å². The lowest BCUT2D eigenvalue weighted by atomic mass is 9.81. The van der Waals surface area contributed by atoms with Crippen molar-refractivity contribution < 1.29 is 28.1 Å². The monoisotopic (exact) mass is 504 g/mol. The zero-order valence-corrected chi connectivity index (χ0v) is 21.7. The van der Waals surface area contributed by atoms with Gasteiger partial charge >= 0.3 is 5.97 Å². The van der Waals surface area contributed by atoms with E-state index in [4.69, 9.17) is 18.9 Å². The summed E-state index contributed by atoms with van der Waals surface area (Å²) in [7, 11) is 4.67. The molecule has 0 aromatic heterocycles. The molecule has 5 nitrogen and oxygen atoms in total. The van der Waals surface area contributed by atoms with Gasteiger partial charge in [-0.25, -0.2) is 4.39 Å². The maximum absolute atomic E-state index is 14.5. The SMILES string of the molecule is COC(=O)C(C)C(c1ccc2c(c1)CC(c1ccc(-c3cc(OC)ccc3F)cc1)C(OC)O2)C1CC1. The third-order valence-corrected chi connectivity index (χ3v) is 7.78. The fourth-order valence-corrected chi connectivity index (χ4v) is 5.63. The van der Waals surface area contributed by atoms with Crippen molar-refractivity contribution in [3.63, 3.8) is 0 Å². The summed E-state index contributed by atoms with van der Waals surface area (Å²) in [6, 6.07) is 18.9. The van der Waals surface area contributed by atoms with Gasteiger partial charge in [-0.1, -0.05) is 43.3 Å². The standard InChI is InChI=1S/C31H33FO5/c1-18(30(33)35-3)29(21-9-10-21)22-11-14-28-23(15-22)16-26(31(36-4)37-28)20-7-5-19(6-8-20)25-17-24(34-2)12-13-27(25)32/h5-8,11-15,17-18,21,26,29,31H,9-10,16H2,1-4H3. The normalized spacial score (nSPS) is 20.4. The summed E-state index contributed by atoms with van der Waals surface area (Å²) in [6.45, 7) is 1.96. The summed E-state index contributed by atoms with van der Waals surface area (Å²) in [5.74, 6) is 1.35. The highest BCUT2D eigenvalue weighted by Crippen LogP contribution is 2.48. The van der Waals surface area contributed by atoms with Gasteiger partial charge in [0.15, 0.2) is 0 Å². The molecular weight excluding hydrogens is 471 g/mol. The van der Waals surface area contributed by atoms with Crippen molar-refractivity contribution >= 4 is 5.97 Å². The first-order chi connectivity index (χ1) is 17.9. The molecule has 0 bridgehead atoms. The number of benzene rings is 3. The van der Waals surface area contributed by atoms with E-state index in [9.17, 15) is 9.18 Å². The molecule has 0 radical (unpaired) electrons. The Bertz CT molecular complexity index is 1270. The molecule has 1 saturated carbocycles. The molecule has 1 aliphatic carbocycles. The predicted molar refractivity (Wildman–Crippen MR) is 139 cm³/mol. The van der Waals surface area contributed by atoms with Crippen LogP contribution in [0.2, 0.25) is 0 Å². The summed E-state index contributed by atoms with van der Waals surface area (Å²) >= 11 is 0. The zero-order chi connectivity index (χ0) is 26.1. The van der Waals surface area contributed by atoms with Gasteiger partial charge < -0.3 is 18.9 Å². The number of carbonyl (C=O) groups excluding carboxylic acids is 1. The summed E-state index contributed by atoms with van der Waals surface area (Å²) in [4.78, 5) is 12.4. The quantitative estimate of drug-likeness (QED) is 0.328. The third-order valence-electron chi connectivity index (χ3n) is 7.78. The van der Waals surface area contributed by atoms with Crippen molar-refractivity contribution in [3.8, 4) is 22.6 Å². The number of halogens is 1. The largest absolute Gasteiger partial charge is 0.497 e. The van der Waals surface area contributed by atoms with E-state index in [-0.39, 0.29) is 29.5 Å². The number of hydrogen-bond donors (Lipinski definition) is 0. The van der Waals surface area contributed by atoms with Crippen LogP contribution >= 0.6 is 0 Å². The van der Waals surface area contributed by atoms with Crippen molar-refractivity contribution in [2.24, 2.45) is 11.8 Å². The van der Waals surface area contributed by atoms with Gasteiger partial charge in [0.25, 0.3) is 0 Å². The molecule has 1 fully saturated rings. The Hall–Kier alpha value is -3.38. The highest BCUT2D eigenvalue weighted by molar-refractivity contribution is 5.73. The number of carbonyl (C=O) groups is 1. The summed E-state index contributed by atoms with van der Waals surface area (Å²) in [6.07, 6.45) is 2.56. The minimum atomic E-state index is -0.439. The number of hydrogen-bond acceptors (Lipinski definition) is 5. The molecule has 1 heterocycles. The zero-order valence-electron chi connectivity index (χ0n) is 21.7. The van der Waals surface area contributed by atoms with Crippen LogP contribution in [0.3, 0.4) is 0 Å².